The van der Waals surface area contributed by atoms with E-state index in [1.54, 1.807) is 6.07 Å². The van der Waals surface area contributed by atoms with Gasteiger partial charge in [-0.15, -0.1) is 12.6 Å². The van der Waals surface area contributed by atoms with E-state index in [4.69, 9.17) is 0 Å². The molecule has 0 spiro atoms. The third-order valence-electron chi connectivity index (χ3n) is 0.939. The lowest BCUT2D eigenvalue weighted by Gasteiger charge is -1.91. The number of nitrogens with zero attached hydrogens (tertiary/aromatic N) is 2. The Labute approximate surface area is 62.5 Å². The van der Waals surface area contributed by atoms with Gasteiger partial charge in [-0.1, -0.05) is 0 Å². The quantitative estimate of drug-likeness (QED) is 0.378. The molecule has 52 valence electrons. The molecule has 0 saturated heterocycles. The Morgan fingerprint density at radius 3 is 2.80 bits per heavy atom. The van der Waals surface area contributed by atoms with Crippen molar-refractivity contribution in [1.82, 2.24) is 4.98 Å². The maximum absolute atomic E-state index is 10.1. The number of pyridine rings is 1. The van der Waals surface area contributed by atoms with Crippen molar-refractivity contribution in [3.63, 3.8) is 0 Å². The van der Waals surface area contributed by atoms with Gasteiger partial charge in [0.05, 0.1) is 0 Å². The summed E-state index contributed by atoms with van der Waals surface area (Å²) < 4.78 is 0. The van der Waals surface area contributed by atoms with Crippen LogP contribution in [0.15, 0.2) is 23.2 Å². The third kappa shape index (κ3) is 1.24. The topological polar surface area (TPSA) is 56.0 Å². The number of aromatic nitrogens is 1. The second kappa shape index (κ2) is 2.66. The first-order valence-electron chi connectivity index (χ1n) is 2.50. The summed E-state index contributed by atoms with van der Waals surface area (Å²) in [5, 5.41) is 10.1. The fourth-order valence-electron chi connectivity index (χ4n) is 0.529. The van der Waals surface area contributed by atoms with E-state index in [2.05, 4.69) is 17.6 Å². The minimum Gasteiger partial charge on any atom is -0.358 e. The highest BCUT2D eigenvalue weighted by Gasteiger charge is 2.08. The van der Waals surface area contributed by atoms with Gasteiger partial charge < -0.3 is 10.1 Å². The highest BCUT2D eigenvalue weighted by atomic mass is 32.1. The van der Waals surface area contributed by atoms with Crippen LogP contribution in [0.5, 0.6) is 0 Å². The molecule has 1 aromatic rings. The maximum Gasteiger partial charge on any atom is 0.376 e. The molecule has 0 unspecified atom stereocenters. The predicted octanol–water partition coefficient (Wildman–Crippen LogP) is 1.28. The van der Waals surface area contributed by atoms with E-state index in [0.29, 0.717) is 0 Å². The van der Waals surface area contributed by atoms with Gasteiger partial charge in [-0.05, 0) is 22.0 Å². The van der Waals surface area contributed by atoms with Crippen molar-refractivity contribution in [1.29, 1.82) is 0 Å². The lowest BCUT2D eigenvalue weighted by atomic mass is 10.5. The monoisotopic (exact) mass is 156 g/mol. The highest BCUT2D eigenvalue weighted by Crippen LogP contribution is 2.16. The normalized spacial score (nSPS) is 9.30. The molecule has 0 aliphatic rings. The number of rotatable bonds is 1. The Hall–Kier alpha value is -1.10. The van der Waals surface area contributed by atoms with Crippen molar-refractivity contribution < 1.29 is 4.92 Å². The van der Waals surface area contributed by atoms with Crippen LogP contribution in [0, 0.1) is 10.1 Å². The Balaban J connectivity index is 3.15. The predicted molar refractivity (Wildman–Crippen MR) is 38.1 cm³/mol. The SMILES string of the molecule is O=[N+]([O-])c1ncccc1S. The molecule has 0 saturated carbocycles. The van der Waals surface area contributed by atoms with Crippen LogP contribution in [-0.2, 0) is 0 Å². The average Bonchev–Trinajstić information content (AvgIpc) is 1.88. The first kappa shape index (κ1) is 7.01. The molecule has 0 fully saturated rings. The summed E-state index contributed by atoms with van der Waals surface area (Å²) in [6.07, 6.45) is 1.36. The summed E-state index contributed by atoms with van der Waals surface area (Å²) in [7, 11) is 0. The van der Waals surface area contributed by atoms with Crippen LogP contribution < -0.4 is 0 Å². The van der Waals surface area contributed by atoms with Crippen molar-refractivity contribution in [3.05, 3.63) is 28.4 Å². The van der Waals surface area contributed by atoms with Crippen molar-refractivity contribution in [3.8, 4) is 0 Å². The van der Waals surface area contributed by atoms with E-state index in [9.17, 15) is 10.1 Å². The van der Waals surface area contributed by atoms with Crippen molar-refractivity contribution >= 4 is 18.4 Å². The molecule has 0 aliphatic carbocycles. The van der Waals surface area contributed by atoms with Crippen LogP contribution in [0.4, 0.5) is 5.82 Å². The zero-order valence-electron chi connectivity index (χ0n) is 4.89. The fourth-order valence-corrected chi connectivity index (χ4v) is 0.755. The van der Waals surface area contributed by atoms with Gasteiger partial charge in [0, 0.05) is 0 Å². The van der Waals surface area contributed by atoms with E-state index < -0.39 is 4.92 Å². The van der Waals surface area contributed by atoms with Gasteiger partial charge in [0.15, 0.2) is 0 Å². The summed E-state index contributed by atoms with van der Waals surface area (Å²) in [5.74, 6) is -0.203. The Morgan fingerprint density at radius 1 is 1.70 bits per heavy atom. The molecule has 5 heteroatoms. The second-order valence-electron chi connectivity index (χ2n) is 1.60. The molecule has 0 radical (unpaired) electrons. The molecule has 10 heavy (non-hydrogen) atoms. The summed E-state index contributed by atoms with van der Waals surface area (Å²) in [6.45, 7) is 0. The van der Waals surface area contributed by atoms with E-state index >= 15 is 0 Å². The van der Waals surface area contributed by atoms with E-state index in [1.165, 1.54) is 12.3 Å². The number of hydrogen-bond donors (Lipinski definition) is 1. The largest absolute Gasteiger partial charge is 0.376 e. The van der Waals surface area contributed by atoms with Gasteiger partial charge >= 0.3 is 5.82 Å². The van der Waals surface area contributed by atoms with Crippen LogP contribution in [0.1, 0.15) is 0 Å². The molecule has 1 aromatic heterocycles. The molecule has 0 atom stereocenters. The van der Waals surface area contributed by atoms with Gasteiger partial charge in [-0.2, -0.15) is 0 Å². The first-order chi connectivity index (χ1) is 4.72. The zero-order chi connectivity index (χ0) is 7.56. The number of nitro groups is 1. The molecule has 4 nitrogen and oxygen atoms in total. The van der Waals surface area contributed by atoms with Crippen LogP contribution in [0.25, 0.3) is 0 Å². The standard InChI is InChI=1S/C5H4N2O2S/c8-7(9)5-4(10)2-1-3-6-5/h1-3,10H. The zero-order valence-corrected chi connectivity index (χ0v) is 5.78. The molecule has 0 aliphatic heterocycles. The second-order valence-corrected chi connectivity index (χ2v) is 2.09. The molecular weight excluding hydrogens is 152 g/mol. The van der Waals surface area contributed by atoms with E-state index in [1.807, 2.05) is 0 Å². The molecular formula is C5H4N2O2S. The minimum absolute atomic E-state index is 0.203. The lowest BCUT2D eigenvalue weighted by molar-refractivity contribution is -0.392. The average molecular weight is 156 g/mol. The molecule has 0 N–H and O–H groups in total. The third-order valence-corrected chi connectivity index (χ3v) is 1.29. The van der Waals surface area contributed by atoms with Crippen LogP contribution in [0.2, 0.25) is 0 Å². The molecule has 1 heterocycles. The van der Waals surface area contributed by atoms with Crippen LogP contribution in [-0.4, -0.2) is 9.91 Å². The number of hydrogen-bond acceptors (Lipinski definition) is 4. The van der Waals surface area contributed by atoms with Crippen LogP contribution in [0.3, 0.4) is 0 Å². The summed E-state index contributed by atoms with van der Waals surface area (Å²) >= 11 is 3.83. The van der Waals surface area contributed by atoms with Gasteiger partial charge in [-0.3, -0.25) is 0 Å². The maximum atomic E-state index is 10.1. The smallest absolute Gasteiger partial charge is 0.358 e. The van der Waals surface area contributed by atoms with Gasteiger partial charge in [0.1, 0.15) is 11.1 Å². The fraction of sp³-hybridized carbons (Fsp3) is 0. The van der Waals surface area contributed by atoms with E-state index in [0.717, 1.165) is 0 Å². The van der Waals surface area contributed by atoms with E-state index in [-0.39, 0.29) is 10.7 Å². The lowest BCUT2D eigenvalue weighted by Crippen LogP contribution is -1.91. The Morgan fingerprint density at radius 2 is 2.40 bits per heavy atom. The summed E-state index contributed by atoms with van der Waals surface area (Å²) in [4.78, 5) is 13.3. The highest BCUT2D eigenvalue weighted by molar-refractivity contribution is 7.80. The first-order valence-corrected chi connectivity index (χ1v) is 2.95. The molecule has 0 bridgehead atoms. The molecule has 0 aromatic carbocycles. The van der Waals surface area contributed by atoms with Gasteiger partial charge in [-0.25, -0.2) is 0 Å². The molecule has 1 rings (SSSR count). The van der Waals surface area contributed by atoms with Crippen molar-refractivity contribution in [2.45, 2.75) is 4.90 Å². The van der Waals surface area contributed by atoms with Crippen LogP contribution >= 0.6 is 12.6 Å². The van der Waals surface area contributed by atoms with Crippen molar-refractivity contribution in [2.24, 2.45) is 0 Å². The minimum atomic E-state index is -0.567. The summed E-state index contributed by atoms with van der Waals surface area (Å²) in [5.41, 5.74) is 0. The Bertz CT molecular complexity index is 264. The van der Waals surface area contributed by atoms with Gasteiger partial charge in [0.25, 0.3) is 0 Å². The number of thiol groups is 1. The molecule has 0 amide bonds. The van der Waals surface area contributed by atoms with Crippen molar-refractivity contribution in [2.75, 3.05) is 0 Å². The Kier molecular flexibility index (Phi) is 1.86. The van der Waals surface area contributed by atoms with Gasteiger partial charge in [0.2, 0.25) is 0 Å². The summed E-state index contributed by atoms with van der Waals surface area (Å²) in [6, 6.07) is 3.11.